The molecule has 0 saturated carbocycles. The summed E-state index contributed by atoms with van der Waals surface area (Å²) in [5, 5.41) is 9.98. The van der Waals surface area contributed by atoms with Crippen LogP contribution in [0.4, 0.5) is 4.39 Å². The maximum Gasteiger partial charge on any atom is 0.141 e. The zero-order valence-electron chi connectivity index (χ0n) is 9.55. The summed E-state index contributed by atoms with van der Waals surface area (Å²) >= 11 is 0. The summed E-state index contributed by atoms with van der Waals surface area (Å²) in [4.78, 5) is 7.88. The van der Waals surface area contributed by atoms with E-state index in [1.54, 1.807) is 6.20 Å². The third kappa shape index (κ3) is 2.68. The van der Waals surface area contributed by atoms with Crippen LogP contribution in [0.2, 0.25) is 0 Å². The van der Waals surface area contributed by atoms with E-state index in [1.807, 2.05) is 17.7 Å². The zero-order chi connectivity index (χ0) is 12.3. The summed E-state index contributed by atoms with van der Waals surface area (Å²) in [7, 11) is 0. The normalized spacial score (nSPS) is 12.6. The predicted octanol–water partition coefficient (Wildman–Crippen LogP) is 1.71. The number of nitrogens with zero attached hydrogens (tertiary/aromatic N) is 3. The van der Waals surface area contributed by atoms with Crippen LogP contribution in [0, 0.1) is 5.82 Å². The van der Waals surface area contributed by atoms with Gasteiger partial charge >= 0.3 is 0 Å². The molecule has 2 heterocycles. The summed E-state index contributed by atoms with van der Waals surface area (Å²) in [6.45, 7) is 2.80. The Bertz CT molecular complexity index is 498. The third-order valence-corrected chi connectivity index (χ3v) is 2.63. The van der Waals surface area contributed by atoms with Crippen LogP contribution in [0.25, 0.3) is 0 Å². The van der Waals surface area contributed by atoms with Crippen molar-refractivity contribution in [2.45, 2.75) is 26.0 Å². The predicted molar refractivity (Wildman–Crippen MR) is 60.8 cm³/mol. The number of imidazole rings is 1. The van der Waals surface area contributed by atoms with Crippen LogP contribution in [0.1, 0.15) is 24.4 Å². The highest BCUT2D eigenvalue weighted by molar-refractivity contribution is 5.14. The molecule has 0 aliphatic rings. The molecule has 0 amide bonds. The van der Waals surface area contributed by atoms with Crippen LogP contribution in [0.3, 0.4) is 0 Å². The Labute approximate surface area is 98.8 Å². The van der Waals surface area contributed by atoms with Gasteiger partial charge in [0.2, 0.25) is 0 Å². The van der Waals surface area contributed by atoms with Crippen molar-refractivity contribution in [3.63, 3.8) is 0 Å². The molecule has 4 nitrogen and oxygen atoms in total. The highest BCUT2D eigenvalue weighted by Crippen LogP contribution is 2.17. The standard InChI is InChI=1S/C12H14FN3O/c1-2-16-4-3-15-12(16)6-11(17)9-5-10(13)8-14-7-9/h3-5,7-8,11,17H,2,6H2,1H3. The number of aliphatic hydroxyl groups excluding tert-OH is 1. The number of aliphatic hydroxyl groups is 1. The number of aromatic nitrogens is 3. The van der Waals surface area contributed by atoms with Gasteiger partial charge in [0, 0.05) is 37.1 Å². The molecule has 0 fully saturated rings. The van der Waals surface area contributed by atoms with Crippen molar-refractivity contribution in [2.75, 3.05) is 0 Å². The highest BCUT2D eigenvalue weighted by Gasteiger charge is 2.13. The molecule has 0 radical (unpaired) electrons. The Hall–Kier alpha value is -1.75. The van der Waals surface area contributed by atoms with Crippen molar-refractivity contribution in [3.8, 4) is 0 Å². The minimum Gasteiger partial charge on any atom is -0.388 e. The second-order valence-electron chi connectivity index (χ2n) is 3.79. The molecule has 0 aromatic carbocycles. The molecule has 1 atom stereocenters. The first-order valence-corrected chi connectivity index (χ1v) is 5.49. The van der Waals surface area contributed by atoms with Crippen LogP contribution in [0.5, 0.6) is 0 Å². The molecule has 1 unspecified atom stereocenters. The van der Waals surface area contributed by atoms with Crippen molar-refractivity contribution in [2.24, 2.45) is 0 Å². The monoisotopic (exact) mass is 235 g/mol. The number of aryl methyl sites for hydroxylation is 1. The van der Waals surface area contributed by atoms with Crippen LogP contribution in [-0.2, 0) is 13.0 Å². The van der Waals surface area contributed by atoms with E-state index in [2.05, 4.69) is 9.97 Å². The first kappa shape index (κ1) is 11.7. The van der Waals surface area contributed by atoms with E-state index in [1.165, 1.54) is 12.3 Å². The van der Waals surface area contributed by atoms with Crippen LogP contribution in [-0.4, -0.2) is 19.6 Å². The van der Waals surface area contributed by atoms with Crippen molar-refractivity contribution >= 4 is 0 Å². The molecule has 2 aromatic rings. The van der Waals surface area contributed by atoms with Gasteiger partial charge in [0.25, 0.3) is 0 Å². The number of hydrogen-bond donors (Lipinski definition) is 1. The molecule has 0 aliphatic carbocycles. The first-order chi connectivity index (χ1) is 8.20. The smallest absolute Gasteiger partial charge is 0.141 e. The number of rotatable bonds is 4. The van der Waals surface area contributed by atoms with Gasteiger partial charge in [-0.05, 0) is 13.0 Å². The quantitative estimate of drug-likeness (QED) is 0.877. The zero-order valence-corrected chi connectivity index (χ0v) is 9.55. The molecule has 0 saturated heterocycles. The lowest BCUT2D eigenvalue weighted by atomic mass is 10.1. The van der Waals surface area contributed by atoms with E-state index in [0.717, 1.165) is 18.6 Å². The maximum absolute atomic E-state index is 13.0. The van der Waals surface area contributed by atoms with Crippen molar-refractivity contribution in [1.29, 1.82) is 0 Å². The molecule has 1 N–H and O–H groups in total. The summed E-state index contributed by atoms with van der Waals surface area (Å²) < 4.78 is 14.9. The molecule has 0 aliphatic heterocycles. The molecule has 5 heteroatoms. The lowest BCUT2D eigenvalue weighted by Gasteiger charge is -2.11. The van der Waals surface area contributed by atoms with Crippen molar-refractivity contribution < 1.29 is 9.50 Å². The minimum absolute atomic E-state index is 0.353. The molecule has 90 valence electrons. The fourth-order valence-electron chi connectivity index (χ4n) is 1.72. The van der Waals surface area contributed by atoms with E-state index >= 15 is 0 Å². The molecular weight excluding hydrogens is 221 g/mol. The molecule has 2 aromatic heterocycles. The first-order valence-electron chi connectivity index (χ1n) is 5.49. The Morgan fingerprint density at radius 1 is 1.47 bits per heavy atom. The van der Waals surface area contributed by atoms with Gasteiger partial charge in [0.15, 0.2) is 0 Å². The van der Waals surface area contributed by atoms with Gasteiger partial charge in [-0.15, -0.1) is 0 Å². The van der Waals surface area contributed by atoms with Gasteiger partial charge < -0.3 is 9.67 Å². The Balaban J connectivity index is 2.14. The van der Waals surface area contributed by atoms with Gasteiger partial charge in [-0.25, -0.2) is 9.37 Å². The maximum atomic E-state index is 13.0. The van der Waals surface area contributed by atoms with E-state index in [-0.39, 0.29) is 0 Å². The summed E-state index contributed by atoms with van der Waals surface area (Å²) in [6.07, 6.45) is 5.69. The largest absolute Gasteiger partial charge is 0.388 e. The van der Waals surface area contributed by atoms with Gasteiger partial charge in [0.05, 0.1) is 12.3 Å². The topological polar surface area (TPSA) is 50.9 Å². The SMILES string of the molecule is CCn1ccnc1CC(O)c1cncc(F)c1. The van der Waals surface area contributed by atoms with Crippen LogP contribution >= 0.6 is 0 Å². The van der Waals surface area contributed by atoms with E-state index in [4.69, 9.17) is 0 Å². The molecule has 0 bridgehead atoms. The summed E-state index contributed by atoms with van der Waals surface area (Å²) in [6, 6.07) is 1.29. The number of pyridine rings is 1. The Kier molecular flexibility index (Phi) is 3.49. The van der Waals surface area contributed by atoms with Gasteiger partial charge in [0.1, 0.15) is 11.6 Å². The number of halogens is 1. The molecule has 0 spiro atoms. The van der Waals surface area contributed by atoms with Crippen molar-refractivity contribution in [1.82, 2.24) is 14.5 Å². The Morgan fingerprint density at radius 2 is 2.29 bits per heavy atom. The summed E-state index contributed by atoms with van der Waals surface area (Å²) in [5.41, 5.74) is 0.468. The molecular formula is C12H14FN3O. The lowest BCUT2D eigenvalue weighted by Crippen LogP contribution is -2.08. The molecule has 17 heavy (non-hydrogen) atoms. The fourth-order valence-corrected chi connectivity index (χ4v) is 1.72. The van der Waals surface area contributed by atoms with Gasteiger partial charge in [-0.1, -0.05) is 0 Å². The fraction of sp³-hybridized carbons (Fsp3) is 0.333. The average molecular weight is 235 g/mol. The van der Waals surface area contributed by atoms with E-state index < -0.39 is 11.9 Å². The Morgan fingerprint density at radius 3 is 3.00 bits per heavy atom. The molecule has 2 rings (SSSR count). The minimum atomic E-state index is -0.786. The van der Waals surface area contributed by atoms with Gasteiger partial charge in [-0.2, -0.15) is 0 Å². The lowest BCUT2D eigenvalue weighted by molar-refractivity contribution is 0.173. The van der Waals surface area contributed by atoms with Crippen LogP contribution in [0.15, 0.2) is 30.9 Å². The van der Waals surface area contributed by atoms with Gasteiger partial charge in [-0.3, -0.25) is 4.98 Å². The average Bonchev–Trinajstić information content (AvgIpc) is 2.76. The second kappa shape index (κ2) is 5.05. The van der Waals surface area contributed by atoms with E-state index in [0.29, 0.717) is 12.0 Å². The van der Waals surface area contributed by atoms with E-state index in [9.17, 15) is 9.50 Å². The van der Waals surface area contributed by atoms with Crippen molar-refractivity contribution in [3.05, 3.63) is 48.1 Å². The third-order valence-electron chi connectivity index (χ3n) is 2.63. The van der Waals surface area contributed by atoms with Crippen LogP contribution < -0.4 is 0 Å². The highest BCUT2D eigenvalue weighted by atomic mass is 19.1. The second-order valence-corrected chi connectivity index (χ2v) is 3.79. The number of hydrogen-bond acceptors (Lipinski definition) is 3. The summed E-state index contributed by atoms with van der Waals surface area (Å²) in [5.74, 6) is 0.338.